The van der Waals surface area contributed by atoms with E-state index in [0.717, 1.165) is 41.5 Å². The van der Waals surface area contributed by atoms with E-state index >= 15 is 0 Å². The molecule has 0 radical (unpaired) electrons. The van der Waals surface area contributed by atoms with E-state index in [2.05, 4.69) is 24.3 Å². The van der Waals surface area contributed by atoms with Crippen molar-refractivity contribution in [1.82, 2.24) is 15.9 Å². The lowest BCUT2D eigenvalue weighted by Gasteiger charge is -2.46. The average molecular weight is 492 g/mol. The Kier molecular flexibility index (Phi) is 7.86. The fourth-order valence-electron chi connectivity index (χ4n) is 5.12. The molecule has 2 heterocycles. The summed E-state index contributed by atoms with van der Waals surface area (Å²) < 4.78 is 6.45. The number of fused-ring (bicyclic) bond motifs is 1. The fraction of sp³-hybridized carbons (Fsp3) is 0.393. The van der Waals surface area contributed by atoms with Crippen molar-refractivity contribution in [2.45, 2.75) is 52.7 Å². The maximum atomic E-state index is 13.2. The molecule has 2 atom stereocenters. The molecule has 0 spiro atoms. The van der Waals surface area contributed by atoms with E-state index in [1.165, 1.54) is 0 Å². The Hall–Kier alpha value is -3.49. The van der Waals surface area contributed by atoms with E-state index in [0.29, 0.717) is 29.1 Å². The number of nitrogens with one attached hydrogen (secondary N) is 2. The fourth-order valence-corrected chi connectivity index (χ4v) is 5.12. The van der Waals surface area contributed by atoms with E-state index in [9.17, 15) is 9.59 Å². The van der Waals surface area contributed by atoms with Gasteiger partial charge in [-0.3, -0.25) is 19.8 Å². The maximum Gasteiger partial charge on any atom is 0.295 e. The number of quaternary nitrogens is 1. The van der Waals surface area contributed by atoms with Crippen LogP contribution in [-0.2, 0) is 11.4 Å². The summed E-state index contributed by atoms with van der Waals surface area (Å²) in [5, 5.41) is 9.96. The first-order valence-electron chi connectivity index (χ1n) is 12.5. The van der Waals surface area contributed by atoms with Crippen molar-refractivity contribution in [3.05, 3.63) is 71.4 Å². The zero-order valence-electron chi connectivity index (χ0n) is 21.2. The Labute approximate surface area is 211 Å². The molecular formula is C28H35N4O4+. The summed E-state index contributed by atoms with van der Waals surface area (Å²) in [5.74, 6) is 0.238. The number of amides is 2. The van der Waals surface area contributed by atoms with Crippen molar-refractivity contribution in [3.63, 3.8) is 0 Å². The molecule has 3 aromatic rings. The van der Waals surface area contributed by atoms with E-state index < -0.39 is 0 Å². The van der Waals surface area contributed by atoms with Crippen LogP contribution in [0, 0.1) is 12.8 Å². The quantitative estimate of drug-likeness (QED) is 0.248. The molecule has 4 rings (SSSR count). The van der Waals surface area contributed by atoms with Gasteiger partial charge in [0, 0.05) is 34.5 Å². The number of hydrogen-bond acceptors (Lipinski definition) is 5. The van der Waals surface area contributed by atoms with Crippen LogP contribution >= 0.6 is 0 Å². The first kappa shape index (κ1) is 25.6. The molecular weight excluding hydrogens is 456 g/mol. The molecule has 1 aliphatic heterocycles. The van der Waals surface area contributed by atoms with Crippen LogP contribution in [0.3, 0.4) is 0 Å². The largest absolute Gasteiger partial charge is 0.489 e. The van der Waals surface area contributed by atoms with Crippen LogP contribution < -0.4 is 15.6 Å². The van der Waals surface area contributed by atoms with Crippen molar-refractivity contribution in [3.8, 4) is 5.75 Å². The second-order valence-corrected chi connectivity index (χ2v) is 9.98. The van der Waals surface area contributed by atoms with Crippen molar-refractivity contribution >= 4 is 22.7 Å². The lowest BCUT2D eigenvalue weighted by Crippen LogP contribution is -2.67. The molecule has 1 saturated heterocycles. The lowest BCUT2D eigenvalue weighted by atomic mass is 9.92. The molecule has 2 unspecified atom stereocenters. The van der Waals surface area contributed by atoms with Crippen LogP contribution in [0.5, 0.6) is 5.75 Å². The molecule has 190 valence electrons. The zero-order chi connectivity index (χ0) is 25.7. The molecule has 0 bridgehead atoms. The van der Waals surface area contributed by atoms with Gasteiger partial charge >= 0.3 is 0 Å². The van der Waals surface area contributed by atoms with Gasteiger partial charge in [-0.2, -0.15) is 5.43 Å². The summed E-state index contributed by atoms with van der Waals surface area (Å²) in [6.45, 7) is 8.00. The van der Waals surface area contributed by atoms with Crippen LogP contribution in [0.25, 0.3) is 10.9 Å². The first-order chi connectivity index (χ1) is 17.3. The Bertz CT molecular complexity index is 1230. The Morgan fingerprint density at radius 3 is 2.64 bits per heavy atom. The van der Waals surface area contributed by atoms with E-state index in [4.69, 9.17) is 9.94 Å². The third-order valence-electron chi connectivity index (χ3n) is 7.11. The SMILES string of the molecule is Cc1cc(COc2ccc(C(=O)N[N+]3(C(C)C)CCCC(CC(=O)NO)C3)cc2)c2ccccc2n1. The highest BCUT2D eigenvalue weighted by Crippen LogP contribution is 2.27. The average Bonchev–Trinajstić information content (AvgIpc) is 2.87. The number of carbonyl (C=O) groups excluding carboxylic acids is 2. The zero-order valence-corrected chi connectivity index (χ0v) is 21.2. The van der Waals surface area contributed by atoms with Crippen molar-refractivity contribution in [1.29, 1.82) is 0 Å². The number of likely N-dealkylation sites (tertiary alicyclic amines) is 1. The molecule has 3 N–H and O–H groups in total. The van der Waals surface area contributed by atoms with Gasteiger partial charge in [-0.1, -0.05) is 18.2 Å². The van der Waals surface area contributed by atoms with Crippen LogP contribution in [-0.4, -0.2) is 45.7 Å². The van der Waals surface area contributed by atoms with Crippen molar-refractivity contribution < 1.29 is 24.1 Å². The van der Waals surface area contributed by atoms with E-state index in [1.807, 2.05) is 49.4 Å². The van der Waals surface area contributed by atoms with Crippen LogP contribution in [0.2, 0.25) is 0 Å². The minimum absolute atomic E-state index is 0.0947. The number of hydroxylamine groups is 1. The predicted octanol–water partition coefficient (Wildman–Crippen LogP) is 4.30. The highest BCUT2D eigenvalue weighted by atomic mass is 16.5. The molecule has 8 heteroatoms. The third kappa shape index (κ3) is 5.83. The molecule has 2 amide bonds. The molecule has 0 saturated carbocycles. The van der Waals surface area contributed by atoms with Gasteiger partial charge in [-0.15, -0.1) is 0 Å². The molecule has 0 aliphatic carbocycles. The lowest BCUT2D eigenvalue weighted by molar-refractivity contribution is -0.986. The number of rotatable bonds is 8. The number of ether oxygens (including phenoxy) is 1. The number of piperidine rings is 1. The number of hydrogen-bond donors (Lipinski definition) is 3. The summed E-state index contributed by atoms with van der Waals surface area (Å²) in [5.41, 5.74) is 8.47. The number of para-hydroxylation sites is 1. The van der Waals surface area contributed by atoms with Gasteiger partial charge < -0.3 is 4.74 Å². The van der Waals surface area contributed by atoms with Crippen LogP contribution in [0.1, 0.15) is 54.7 Å². The number of aryl methyl sites for hydroxylation is 1. The van der Waals surface area contributed by atoms with Crippen LogP contribution in [0.4, 0.5) is 0 Å². The topological polar surface area (TPSA) is 101 Å². The number of carbonyl (C=O) groups is 2. The van der Waals surface area contributed by atoms with Gasteiger partial charge in [0.1, 0.15) is 31.5 Å². The number of pyridine rings is 1. The molecule has 8 nitrogen and oxygen atoms in total. The monoisotopic (exact) mass is 491 g/mol. The summed E-state index contributed by atoms with van der Waals surface area (Å²) in [6.07, 6.45) is 2.05. The normalized spacial score (nSPS) is 19.8. The van der Waals surface area contributed by atoms with Crippen molar-refractivity contribution in [2.75, 3.05) is 13.1 Å². The van der Waals surface area contributed by atoms with E-state index in [-0.39, 0.29) is 30.2 Å². The van der Waals surface area contributed by atoms with Gasteiger partial charge in [0.05, 0.1) is 5.52 Å². The molecule has 36 heavy (non-hydrogen) atoms. The minimum atomic E-state index is -0.388. The molecule has 1 aliphatic rings. The van der Waals surface area contributed by atoms with Gasteiger partial charge in [0.25, 0.3) is 5.91 Å². The highest BCUT2D eigenvalue weighted by Gasteiger charge is 2.40. The Morgan fingerprint density at radius 2 is 1.92 bits per heavy atom. The molecule has 1 aromatic heterocycles. The molecule has 1 fully saturated rings. The highest BCUT2D eigenvalue weighted by molar-refractivity contribution is 5.93. The van der Waals surface area contributed by atoms with Gasteiger partial charge in [0.15, 0.2) is 0 Å². The van der Waals surface area contributed by atoms with Gasteiger partial charge in [0.2, 0.25) is 5.91 Å². The smallest absolute Gasteiger partial charge is 0.295 e. The Balaban J connectivity index is 1.42. The predicted molar refractivity (Wildman–Crippen MR) is 137 cm³/mol. The first-order valence-corrected chi connectivity index (χ1v) is 12.5. The summed E-state index contributed by atoms with van der Waals surface area (Å²) in [4.78, 5) is 29.5. The maximum absolute atomic E-state index is 13.2. The van der Waals surface area contributed by atoms with Crippen LogP contribution in [0.15, 0.2) is 54.6 Å². The number of aromatic nitrogens is 1. The minimum Gasteiger partial charge on any atom is -0.489 e. The second-order valence-electron chi connectivity index (χ2n) is 9.98. The summed E-state index contributed by atoms with van der Waals surface area (Å²) >= 11 is 0. The number of nitrogens with zero attached hydrogens (tertiary/aromatic N) is 2. The Morgan fingerprint density at radius 1 is 1.17 bits per heavy atom. The van der Waals surface area contributed by atoms with E-state index in [1.54, 1.807) is 17.6 Å². The molecule has 2 aromatic carbocycles. The summed E-state index contributed by atoms with van der Waals surface area (Å²) in [7, 11) is 0. The van der Waals surface area contributed by atoms with Crippen molar-refractivity contribution in [2.24, 2.45) is 5.92 Å². The second kappa shape index (κ2) is 11.1. The summed E-state index contributed by atoms with van der Waals surface area (Å²) in [6, 6.07) is 17.4. The standard InChI is InChI=1S/C28H34N4O4/c1-19(2)32(14-6-7-21(17-32)16-27(33)31-35)30-28(34)22-10-12-24(13-11-22)36-18-23-15-20(3)29-26-9-5-4-8-25(23)26/h4-5,8-13,15,19,21H,6-7,14,16-18H2,1-3H3,(H2-,30,31,33,34,35)/p+1. The van der Waals surface area contributed by atoms with Gasteiger partial charge in [-0.05, 0) is 70.0 Å². The third-order valence-corrected chi connectivity index (χ3v) is 7.11. The van der Waals surface area contributed by atoms with Gasteiger partial charge in [-0.25, -0.2) is 10.1 Å². The number of benzene rings is 2.